The highest BCUT2D eigenvalue weighted by molar-refractivity contribution is 5.64. The molecule has 2 aromatic carbocycles. The topological polar surface area (TPSA) is 9.23 Å². The molecule has 1 nitrogen and oxygen atoms in total. The molecular formula is C13H10FO. The van der Waals surface area contributed by atoms with Crippen molar-refractivity contribution in [2.24, 2.45) is 0 Å². The van der Waals surface area contributed by atoms with Crippen LogP contribution in [-0.4, -0.2) is 7.11 Å². The molecule has 0 heterocycles. The molecule has 0 aliphatic heterocycles. The van der Waals surface area contributed by atoms with Crippen LogP contribution >= 0.6 is 0 Å². The molecule has 0 spiro atoms. The van der Waals surface area contributed by atoms with Crippen LogP contribution in [0.4, 0.5) is 4.39 Å². The van der Waals surface area contributed by atoms with Crippen molar-refractivity contribution in [1.29, 1.82) is 0 Å². The van der Waals surface area contributed by atoms with Gasteiger partial charge in [-0.1, -0.05) is 18.2 Å². The predicted octanol–water partition coefficient (Wildman–Crippen LogP) is 3.30. The first-order valence-corrected chi connectivity index (χ1v) is 4.61. The van der Waals surface area contributed by atoms with Gasteiger partial charge in [0.25, 0.3) is 0 Å². The minimum Gasteiger partial charge on any atom is -0.497 e. The number of benzene rings is 2. The number of hydrogen-bond donors (Lipinski definition) is 0. The Kier molecular flexibility index (Phi) is 2.68. The van der Waals surface area contributed by atoms with Crippen molar-refractivity contribution in [2.75, 3.05) is 7.11 Å². The van der Waals surface area contributed by atoms with E-state index in [0.29, 0.717) is 5.56 Å². The fourth-order valence-corrected chi connectivity index (χ4v) is 1.40. The van der Waals surface area contributed by atoms with Crippen molar-refractivity contribution in [3.05, 3.63) is 54.3 Å². The van der Waals surface area contributed by atoms with E-state index >= 15 is 0 Å². The van der Waals surface area contributed by atoms with Gasteiger partial charge in [-0.2, -0.15) is 0 Å². The lowest BCUT2D eigenvalue weighted by molar-refractivity contribution is 0.415. The highest BCUT2D eigenvalue weighted by Gasteiger charge is 2.03. The van der Waals surface area contributed by atoms with Gasteiger partial charge in [0.2, 0.25) is 0 Å². The molecule has 0 N–H and O–H groups in total. The maximum absolute atomic E-state index is 13.4. The van der Waals surface area contributed by atoms with Gasteiger partial charge < -0.3 is 4.74 Å². The van der Waals surface area contributed by atoms with Crippen LogP contribution in [0.2, 0.25) is 0 Å². The van der Waals surface area contributed by atoms with Gasteiger partial charge in [0.05, 0.1) is 7.11 Å². The summed E-state index contributed by atoms with van der Waals surface area (Å²) >= 11 is 0. The van der Waals surface area contributed by atoms with Gasteiger partial charge in [-0.15, -0.1) is 0 Å². The number of methoxy groups -OCH3 is 1. The molecule has 0 saturated carbocycles. The van der Waals surface area contributed by atoms with Crippen LogP contribution < -0.4 is 4.74 Å². The Balaban J connectivity index is 2.42. The van der Waals surface area contributed by atoms with E-state index in [-0.39, 0.29) is 5.82 Å². The van der Waals surface area contributed by atoms with E-state index in [4.69, 9.17) is 4.74 Å². The molecule has 1 radical (unpaired) electrons. The van der Waals surface area contributed by atoms with Crippen LogP contribution in [0.5, 0.6) is 5.75 Å². The first-order valence-electron chi connectivity index (χ1n) is 4.61. The van der Waals surface area contributed by atoms with Gasteiger partial charge in [-0.3, -0.25) is 0 Å². The van der Waals surface area contributed by atoms with Crippen molar-refractivity contribution in [1.82, 2.24) is 0 Å². The van der Waals surface area contributed by atoms with E-state index in [2.05, 4.69) is 6.07 Å². The van der Waals surface area contributed by atoms with Crippen molar-refractivity contribution in [3.63, 3.8) is 0 Å². The van der Waals surface area contributed by atoms with Crippen LogP contribution in [0.1, 0.15) is 0 Å². The van der Waals surface area contributed by atoms with E-state index < -0.39 is 0 Å². The van der Waals surface area contributed by atoms with Crippen molar-refractivity contribution < 1.29 is 9.13 Å². The van der Waals surface area contributed by atoms with Gasteiger partial charge in [0.1, 0.15) is 11.6 Å². The molecule has 2 aromatic rings. The molecule has 0 fully saturated rings. The summed E-state index contributed by atoms with van der Waals surface area (Å²) in [6.07, 6.45) is 0. The zero-order valence-electron chi connectivity index (χ0n) is 8.33. The van der Waals surface area contributed by atoms with Gasteiger partial charge >= 0.3 is 0 Å². The lowest BCUT2D eigenvalue weighted by Gasteiger charge is -2.04. The van der Waals surface area contributed by atoms with Crippen LogP contribution in [0.3, 0.4) is 0 Å². The third kappa shape index (κ3) is 1.99. The van der Waals surface area contributed by atoms with Gasteiger partial charge in [-0.25, -0.2) is 4.39 Å². The lowest BCUT2D eigenvalue weighted by atomic mass is 10.1. The Hall–Kier alpha value is -1.83. The number of hydrogen-bond acceptors (Lipinski definition) is 1. The van der Waals surface area contributed by atoms with E-state index in [9.17, 15) is 4.39 Å². The molecule has 0 aliphatic carbocycles. The Bertz CT molecular complexity index is 448. The molecule has 75 valence electrons. The summed E-state index contributed by atoms with van der Waals surface area (Å²) in [7, 11) is 1.60. The Labute approximate surface area is 88.1 Å². The van der Waals surface area contributed by atoms with Crippen molar-refractivity contribution >= 4 is 0 Å². The molecule has 2 rings (SSSR count). The molecule has 0 bridgehead atoms. The second-order valence-electron chi connectivity index (χ2n) is 3.13. The molecule has 0 amide bonds. The van der Waals surface area contributed by atoms with E-state index in [1.165, 1.54) is 6.07 Å². The maximum atomic E-state index is 13.4. The third-order valence-corrected chi connectivity index (χ3v) is 2.21. The Morgan fingerprint density at radius 3 is 2.47 bits per heavy atom. The van der Waals surface area contributed by atoms with Crippen molar-refractivity contribution in [2.45, 2.75) is 0 Å². The summed E-state index contributed by atoms with van der Waals surface area (Å²) in [5, 5.41) is 0. The Morgan fingerprint density at radius 2 is 1.87 bits per heavy atom. The zero-order valence-corrected chi connectivity index (χ0v) is 8.33. The summed E-state index contributed by atoms with van der Waals surface area (Å²) in [4.78, 5) is 0. The molecule has 0 aromatic heterocycles. The predicted molar refractivity (Wildman–Crippen MR) is 57.2 cm³/mol. The summed E-state index contributed by atoms with van der Waals surface area (Å²) in [5.74, 6) is 0.526. The molecule has 0 aliphatic rings. The summed E-state index contributed by atoms with van der Waals surface area (Å²) in [6, 6.07) is 14.7. The van der Waals surface area contributed by atoms with E-state index in [0.717, 1.165) is 11.3 Å². The summed E-state index contributed by atoms with van der Waals surface area (Å²) in [6.45, 7) is 0. The van der Waals surface area contributed by atoms with Crippen LogP contribution in [0.15, 0.2) is 42.5 Å². The highest BCUT2D eigenvalue weighted by Crippen LogP contribution is 2.24. The molecule has 0 saturated heterocycles. The average Bonchev–Trinajstić information content (AvgIpc) is 2.30. The van der Waals surface area contributed by atoms with E-state index in [1.54, 1.807) is 19.2 Å². The lowest BCUT2D eigenvalue weighted by Crippen LogP contribution is -1.85. The summed E-state index contributed by atoms with van der Waals surface area (Å²) in [5.41, 5.74) is 1.38. The normalized spacial score (nSPS) is 10.0. The highest BCUT2D eigenvalue weighted by atomic mass is 19.1. The van der Waals surface area contributed by atoms with Crippen LogP contribution in [-0.2, 0) is 0 Å². The average molecular weight is 201 g/mol. The second-order valence-corrected chi connectivity index (χ2v) is 3.13. The fourth-order valence-electron chi connectivity index (χ4n) is 1.40. The number of halogens is 1. The first-order chi connectivity index (χ1) is 7.31. The largest absolute Gasteiger partial charge is 0.497 e. The molecule has 2 heteroatoms. The molecule has 15 heavy (non-hydrogen) atoms. The maximum Gasteiger partial charge on any atom is 0.131 e. The second kappa shape index (κ2) is 4.13. The molecule has 0 unspecified atom stereocenters. The van der Waals surface area contributed by atoms with Gasteiger partial charge in [-0.05, 0) is 35.9 Å². The smallest absolute Gasteiger partial charge is 0.131 e. The van der Waals surface area contributed by atoms with Gasteiger partial charge in [0, 0.05) is 5.56 Å². The summed E-state index contributed by atoms with van der Waals surface area (Å²) < 4.78 is 18.4. The van der Waals surface area contributed by atoms with Crippen LogP contribution in [0.25, 0.3) is 11.1 Å². The van der Waals surface area contributed by atoms with E-state index in [1.807, 2.05) is 24.3 Å². The third-order valence-electron chi connectivity index (χ3n) is 2.21. The Morgan fingerprint density at radius 1 is 1.13 bits per heavy atom. The first kappa shape index (κ1) is 9.71. The van der Waals surface area contributed by atoms with Crippen LogP contribution in [0, 0.1) is 11.9 Å². The minimum absolute atomic E-state index is 0.237. The van der Waals surface area contributed by atoms with Crippen molar-refractivity contribution in [3.8, 4) is 16.9 Å². The zero-order chi connectivity index (χ0) is 10.7. The number of rotatable bonds is 2. The molecular weight excluding hydrogens is 191 g/mol. The SMILES string of the molecule is COc1ccc(-c2c[c]ccc2F)cc1. The minimum atomic E-state index is -0.237. The molecule has 0 atom stereocenters. The number of ether oxygens (including phenoxy) is 1. The standard InChI is InChI=1S/C13H10FO/c1-15-11-8-6-10(7-9-11)12-4-2-3-5-13(12)14/h3-9H,1H3. The quantitative estimate of drug-likeness (QED) is 0.724. The monoisotopic (exact) mass is 201 g/mol. The van der Waals surface area contributed by atoms with Gasteiger partial charge in [0.15, 0.2) is 0 Å². The fraction of sp³-hybridized carbons (Fsp3) is 0.0769.